The molecule has 0 saturated carbocycles. The van der Waals surface area contributed by atoms with Crippen molar-refractivity contribution in [2.75, 3.05) is 26.4 Å². The molecule has 5 heteroatoms. The second-order valence-electron chi connectivity index (χ2n) is 4.36. The minimum atomic E-state index is 0.0269. The molecule has 1 aromatic rings. The number of ether oxygens (including phenoxy) is 1. The summed E-state index contributed by atoms with van der Waals surface area (Å²) >= 11 is 1.41. The van der Waals surface area contributed by atoms with E-state index in [0.29, 0.717) is 31.1 Å². The predicted octanol–water partition coefficient (Wildman–Crippen LogP) is 1.34. The molecule has 1 aromatic heterocycles. The Labute approximate surface area is 117 Å². The number of nitrogens with zero attached hydrogens (tertiary/aromatic N) is 1. The van der Waals surface area contributed by atoms with Gasteiger partial charge in [-0.25, -0.2) is 0 Å². The zero-order valence-electron chi connectivity index (χ0n) is 10.9. The van der Waals surface area contributed by atoms with Crippen LogP contribution < -0.4 is 0 Å². The van der Waals surface area contributed by atoms with Gasteiger partial charge >= 0.3 is 0 Å². The molecule has 1 saturated heterocycles. The van der Waals surface area contributed by atoms with E-state index in [1.165, 1.54) is 11.3 Å². The van der Waals surface area contributed by atoms with Gasteiger partial charge in [-0.15, -0.1) is 11.3 Å². The van der Waals surface area contributed by atoms with Crippen molar-refractivity contribution >= 4 is 17.2 Å². The number of morpholine rings is 1. The van der Waals surface area contributed by atoms with Crippen LogP contribution in [0.3, 0.4) is 0 Å². The molecule has 0 aromatic carbocycles. The maximum Gasteiger partial charge on any atom is 0.265 e. The van der Waals surface area contributed by atoms with Gasteiger partial charge in [0.25, 0.3) is 5.91 Å². The topological polar surface area (TPSA) is 49.8 Å². The van der Waals surface area contributed by atoms with Crippen LogP contribution in [-0.4, -0.2) is 48.3 Å². The number of carbonyl (C=O) groups excluding carboxylic acids is 1. The summed E-state index contributed by atoms with van der Waals surface area (Å²) in [6.07, 6.45) is 0.428. The third-order valence-corrected chi connectivity index (χ3v) is 3.85. The maximum absolute atomic E-state index is 12.5. The van der Waals surface area contributed by atoms with Crippen LogP contribution in [0.15, 0.2) is 11.4 Å². The largest absolute Gasteiger partial charge is 0.395 e. The molecule has 1 fully saturated rings. The number of carbonyl (C=O) groups is 1. The molecule has 4 nitrogen and oxygen atoms in total. The molecular weight excluding hydrogens is 262 g/mol. The lowest BCUT2D eigenvalue weighted by Crippen LogP contribution is -2.47. The molecule has 102 valence electrons. The Morgan fingerprint density at radius 1 is 1.68 bits per heavy atom. The summed E-state index contributed by atoms with van der Waals surface area (Å²) in [6, 6.07) is 1.95. The molecule has 0 aliphatic carbocycles. The molecule has 1 unspecified atom stereocenters. The summed E-state index contributed by atoms with van der Waals surface area (Å²) in [5, 5.41) is 10.6. The lowest BCUT2D eigenvalue weighted by atomic mass is 10.2. The van der Waals surface area contributed by atoms with E-state index in [-0.39, 0.29) is 18.6 Å². The molecule has 0 bridgehead atoms. The fourth-order valence-electron chi connectivity index (χ4n) is 1.95. The lowest BCUT2D eigenvalue weighted by Gasteiger charge is -2.33. The van der Waals surface area contributed by atoms with Crippen LogP contribution in [0, 0.1) is 11.8 Å². The Kier molecular flexibility index (Phi) is 4.97. The Morgan fingerprint density at radius 3 is 3.26 bits per heavy atom. The monoisotopic (exact) mass is 279 g/mol. The van der Waals surface area contributed by atoms with Crippen molar-refractivity contribution in [1.82, 2.24) is 4.90 Å². The molecule has 0 radical (unpaired) electrons. The van der Waals surface area contributed by atoms with Gasteiger partial charge in [0.1, 0.15) is 4.88 Å². The molecule has 2 heterocycles. The first-order chi connectivity index (χ1) is 9.24. The van der Waals surface area contributed by atoms with E-state index in [4.69, 9.17) is 9.84 Å². The Hall–Kier alpha value is -1.35. The summed E-state index contributed by atoms with van der Waals surface area (Å²) < 4.78 is 5.34. The van der Waals surface area contributed by atoms with Crippen molar-refractivity contribution in [3.63, 3.8) is 0 Å². The molecule has 0 spiro atoms. The van der Waals surface area contributed by atoms with Gasteiger partial charge in [0.05, 0.1) is 25.9 Å². The average molecular weight is 279 g/mol. The number of rotatable bonds is 2. The maximum atomic E-state index is 12.5. The fraction of sp³-hybridized carbons (Fsp3) is 0.500. The van der Waals surface area contributed by atoms with Crippen molar-refractivity contribution in [2.24, 2.45) is 0 Å². The first-order valence-electron chi connectivity index (χ1n) is 6.30. The first kappa shape index (κ1) is 14.1. The zero-order valence-corrected chi connectivity index (χ0v) is 11.7. The molecule has 1 aliphatic heterocycles. The second kappa shape index (κ2) is 6.71. The number of aliphatic hydroxyl groups is 1. The quantitative estimate of drug-likeness (QED) is 0.831. The van der Waals surface area contributed by atoms with Crippen LogP contribution in [0.5, 0.6) is 0 Å². The van der Waals surface area contributed by atoms with Gasteiger partial charge in [-0.3, -0.25) is 4.79 Å². The number of amides is 1. The molecule has 2 rings (SSSR count). The van der Waals surface area contributed by atoms with Crippen LogP contribution in [0.1, 0.15) is 28.6 Å². The molecule has 1 aliphatic rings. The number of hydrogen-bond donors (Lipinski definition) is 1. The number of aliphatic hydroxyl groups excluding tert-OH is 1. The van der Waals surface area contributed by atoms with Gasteiger partial charge < -0.3 is 14.7 Å². The minimum Gasteiger partial charge on any atom is -0.395 e. The Balaban J connectivity index is 2.15. The minimum absolute atomic E-state index is 0.0269. The third-order valence-electron chi connectivity index (χ3n) is 2.95. The third kappa shape index (κ3) is 3.35. The van der Waals surface area contributed by atoms with Crippen molar-refractivity contribution in [3.05, 3.63) is 21.9 Å². The first-order valence-corrected chi connectivity index (χ1v) is 7.18. The van der Waals surface area contributed by atoms with Gasteiger partial charge in [0.2, 0.25) is 0 Å². The van der Waals surface area contributed by atoms with Gasteiger partial charge in [-0.1, -0.05) is 11.8 Å². The number of hydrogen-bond acceptors (Lipinski definition) is 4. The van der Waals surface area contributed by atoms with Crippen LogP contribution in [0.4, 0.5) is 0 Å². The van der Waals surface area contributed by atoms with Crippen molar-refractivity contribution in [2.45, 2.75) is 19.4 Å². The predicted molar refractivity (Wildman–Crippen MR) is 74.2 cm³/mol. The standard InChI is InChI=1S/C14H17NO3S/c1-11-10-18-8-6-15(11)14(17)13-12(5-9-19-13)4-2-3-7-16/h5,9,11,16H,3,6-8,10H2,1H3. The Morgan fingerprint density at radius 2 is 2.53 bits per heavy atom. The van der Waals surface area contributed by atoms with Crippen LogP contribution in [0.2, 0.25) is 0 Å². The summed E-state index contributed by atoms with van der Waals surface area (Å²) in [5.74, 6) is 5.84. The second-order valence-corrected chi connectivity index (χ2v) is 5.28. The van der Waals surface area contributed by atoms with Crippen molar-refractivity contribution in [3.8, 4) is 11.8 Å². The van der Waals surface area contributed by atoms with Gasteiger partial charge in [0, 0.05) is 18.5 Å². The fourth-order valence-corrected chi connectivity index (χ4v) is 2.75. The van der Waals surface area contributed by atoms with Crippen molar-refractivity contribution < 1.29 is 14.6 Å². The average Bonchev–Trinajstić information content (AvgIpc) is 2.87. The van der Waals surface area contributed by atoms with E-state index in [0.717, 1.165) is 5.56 Å². The lowest BCUT2D eigenvalue weighted by molar-refractivity contribution is 0.00385. The molecule has 19 heavy (non-hydrogen) atoms. The summed E-state index contributed by atoms with van der Waals surface area (Å²) in [7, 11) is 0. The smallest absolute Gasteiger partial charge is 0.265 e. The highest BCUT2D eigenvalue weighted by atomic mass is 32.1. The normalized spacial score (nSPS) is 18.8. The Bertz CT molecular complexity index is 500. The van der Waals surface area contributed by atoms with Crippen molar-refractivity contribution in [1.29, 1.82) is 0 Å². The summed E-state index contributed by atoms with van der Waals surface area (Å²) in [4.78, 5) is 15.0. The van der Waals surface area contributed by atoms with E-state index in [1.54, 1.807) is 0 Å². The zero-order chi connectivity index (χ0) is 13.7. The summed E-state index contributed by atoms with van der Waals surface area (Å²) in [6.45, 7) is 3.83. The highest BCUT2D eigenvalue weighted by Crippen LogP contribution is 2.20. The molecule has 1 N–H and O–H groups in total. The van der Waals surface area contributed by atoms with E-state index in [9.17, 15) is 4.79 Å². The van der Waals surface area contributed by atoms with Crippen LogP contribution in [-0.2, 0) is 4.74 Å². The van der Waals surface area contributed by atoms with Gasteiger partial charge in [-0.05, 0) is 18.4 Å². The summed E-state index contributed by atoms with van der Waals surface area (Å²) in [5.41, 5.74) is 0.752. The highest BCUT2D eigenvalue weighted by molar-refractivity contribution is 7.12. The molecular formula is C14H17NO3S. The van der Waals surface area contributed by atoms with E-state index >= 15 is 0 Å². The highest BCUT2D eigenvalue weighted by Gasteiger charge is 2.26. The van der Waals surface area contributed by atoms with Crippen LogP contribution in [0.25, 0.3) is 0 Å². The van der Waals surface area contributed by atoms with Gasteiger partial charge in [-0.2, -0.15) is 0 Å². The van der Waals surface area contributed by atoms with Crippen LogP contribution >= 0.6 is 11.3 Å². The SMILES string of the molecule is CC1COCCN1C(=O)c1sccc1C#CCCO. The van der Waals surface area contributed by atoms with E-state index in [1.807, 2.05) is 23.3 Å². The van der Waals surface area contributed by atoms with E-state index < -0.39 is 0 Å². The number of thiophene rings is 1. The molecule has 1 atom stereocenters. The van der Waals surface area contributed by atoms with E-state index in [2.05, 4.69) is 11.8 Å². The molecule has 1 amide bonds. The van der Waals surface area contributed by atoms with Gasteiger partial charge in [0.15, 0.2) is 0 Å².